The van der Waals surface area contributed by atoms with Gasteiger partial charge >= 0.3 is 0 Å². The summed E-state index contributed by atoms with van der Waals surface area (Å²) in [4.78, 5) is 27.8. The van der Waals surface area contributed by atoms with Gasteiger partial charge in [-0.15, -0.1) is 0 Å². The zero-order chi connectivity index (χ0) is 19.8. The molecule has 2 aromatic heterocycles. The first-order valence-electron chi connectivity index (χ1n) is 8.80. The molecule has 0 unspecified atom stereocenters. The average molecular weight is 375 g/mol. The van der Waals surface area contributed by atoms with Gasteiger partial charge < -0.3 is 5.32 Å². The first kappa shape index (κ1) is 17.6. The molecule has 0 atom stereocenters. The number of aryl methyl sites for hydroxylation is 2. The molecule has 0 radical (unpaired) electrons. The van der Waals surface area contributed by atoms with Crippen molar-refractivity contribution < 1.29 is 9.72 Å². The number of benzene rings is 2. The van der Waals surface area contributed by atoms with Crippen molar-refractivity contribution in [2.45, 2.75) is 20.4 Å². The summed E-state index contributed by atoms with van der Waals surface area (Å²) in [6, 6.07) is 13.5. The van der Waals surface area contributed by atoms with E-state index in [0.29, 0.717) is 18.0 Å². The molecule has 0 fully saturated rings. The van der Waals surface area contributed by atoms with Crippen LogP contribution < -0.4 is 5.32 Å². The fraction of sp³-hybridized carbons (Fsp3) is 0.150. The molecule has 140 valence electrons. The highest BCUT2D eigenvalue weighted by Crippen LogP contribution is 2.27. The Bertz CT molecular complexity index is 1250. The van der Waals surface area contributed by atoms with Crippen LogP contribution in [0.1, 0.15) is 22.8 Å². The van der Waals surface area contributed by atoms with Crippen molar-refractivity contribution in [1.29, 1.82) is 0 Å². The molecule has 1 amide bonds. The van der Waals surface area contributed by atoms with Crippen molar-refractivity contribution in [3.8, 4) is 0 Å². The van der Waals surface area contributed by atoms with E-state index in [-0.39, 0.29) is 11.3 Å². The van der Waals surface area contributed by atoms with Crippen LogP contribution in [0, 0.1) is 17.0 Å². The largest absolute Gasteiger partial charge is 0.304 e. The van der Waals surface area contributed by atoms with E-state index in [0.717, 1.165) is 21.9 Å². The van der Waals surface area contributed by atoms with Crippen molar-refractivity contribution >= 4 is 39.3 Å². The molecule has 0 bridgehead atoms. The van der Waals surface area contributed by atoms with E-state index in [1.807, 2.05) is 38.1 Å². The third-order valence-corrected chi connectivity index (χ3v) is 4.52. The van der Waals surface area contributed by atoms with Gasteiger partial charge in [0, 0.05) is 29.6 Å². The van der Waals surface area contributed by atoms with Gasteiger partial charge in [0.25, 0.3) is 11.6 Å². The minimum atomic E-state index is -0.532. The van der Waals surface area contributed by atoms with Gasteiger partial charge in [0.2, 0.25) is 0 Å². The van der Waals surface area contributed by atoms with Gasteiger partial charge in [0.05, 0.1) is 15.8 Å². The lowest BCUT2D eigenvalue weighted by Gasteiger charge is -2.03. The zero-order valence-electron chi connectivity index (χ0n) is 15.3. The molecule has 8 heteroatoms. The second-order valence-electron chi connectivity index (χ2n) is 6.48. The van der Waals surface area contributed by atoms with Crippen molar-refractivity contribution in [2.24, 2.45) is 0 Å². The van der Waals surface area contributed by atoms with Crippen LogP contribution in [0.2, 0.25) is 0 Å². The number of carbonyl (C=O) groups excluding carboxylic acids is 1. The van der Waals surface area contributed by atoms with Crippen LogP contribution in [0.25, 0.3) is 21.9 Å². The average Bonchev–Trinajstić information content (AvgIpc) is 3.02. The van der Waals surface area contributed by atoms with Crippen LogP contribution in [-0.2, 0) is 6.54 Å². The van der Waals surface area contributed by atoms with Crippen LogP contribution in [0.4, 0.5) is 11.5 Å². The number of nitrogens with one attached hydrogen (secondary N) is 1. The number of non-ortho nitro benzene ring substituents is 1. The molecule has 4 aromatic rings. The highest BCUT2D eigenvalue weighted by Gasteiger charge is 2.17. The summed E-state index contributed by atoms with van der Waals surface area (Å²) in [5.74, 6) is -0.0845. The maximum atomic E-state index is 12.6. The number of fused-ring (bicyclic) bond motifs is 2. The predicted octanol–water partition coefficient (Wildman–Crippen LogP) is 4.07. The monoisotopic (exact) mass is 375 g/mol. The molecule has 0 aliphatic rings. The molecule has 2 aromatic carbocycles. The second-order valence-corrected chi connectivity index (χ2v) is 6.48. The van der Waals surface area contributed by atoms with E-state index >= 15 is 0 Å². The Kier molecular flexibility index (Phi) is 4.23. The number of nitro benzene ring substituents is 1. The number of carbonyl (C=O) groups is 1. The molecule has 1 N–H and O–H groups in total. The van der Waals surface area contributed by atoms with Gasteiger partial charge in [-0.2, -0.15) is 5.10 Å². The Morgan fingerprint density at radius 2 is 2.04 bits per heavy atom. The van der Waals surface area contributed by atoms with E-state index in [1.54, 1.807) is 4.68 Å². The number of pyridine rings is 1. The third kappa shape index (κ3) is 3.05. The summed E-state index contributed by atoms with van der Waals surface area (Å²) < 4.78 is 1.72. The molecule has 4 rings (SSSR count). The molecule has 0 saturated heterocycles. The van der Waals surface area contributed by atoms with E-state index in [2.05, 4.69) is 10.4 Å². The number of anilines is 1. The topological polar surface area (TPSA) is 103 Å². The number of nitrogens with zero attached hydrogens (tertiary/aromatic N) is 4. The Balaban J connectivity index is 1.78. The van der Waals surface area contributed by atoms with Crippen LogP contribution in [-0.4, -0.2) is 25.6 Å². The standard InChI is InChI=1S/C20H17N5O3/c1-3-24-19-16(11-13-8-7-12(2)9-17(13)21-19)18(23-24)22-20(26)14-5-4-6-15(10-14)25(27)28/h4-11H,3H2,1-2H3,(H,22,23,26). The number of hydrogen-bond acceptors (Lipinski definition) is 5. The Labute approximate surface area is 160 Å². The Morgan fingerprint density at radius 3 is 2.79 bits per heavy atom. The van der Waals surface area contributed by atoms with Gasteiger partial charge in [-0.3, -0.25) is 14.9 Å². The highest BCUT2D eigenvalue weighted by atomic mass is 16.6. The summed E-state index contributed by atoms with van der Waals surface area (Å²) in [5, 5.41) is 19.8. The lowest BCUT2D eigenvalue weighted by molar-refractivity contribution is -0.384. The molecule has 28 heavy (non-hydrogen) atoms. The third-order valence-electron chi connectivity index (χ3n) is 4.52. The quantitative estimate of drug-likeness (QED) is 0.428. The summed E-state index contributed by atoms with van der Waals surface area (Å²) >= 11 is 0. The van der Waals surface area contributed by atoms with E-state index < -0.39 is 10.8 Å². The van der Waals surface area contributed by atoms with Crippen molar-refractivity contribution in [3.63, 3.8) is 0 Å². The lowest BCUT2D eigenvalue weighted by Crippen LogP contribution is -2.13. The van der Waals surface area contributed by atoms with Gasteiger partial charge in [0.15, 0.2) is 11.5 Å². The van der Waals surface area contributed by atoms with Crippen LogP contribution in [0.5, 0.6) is 0 Å². The lowest BCUT2D eigenvalue weighted by atomic mass is 10.1. The minimum absolute atomic E-state index is 0.139. The smallest absolute Gasteiger partial charge is 0.270 e. The molecule has 2 heterocycles. The molecular formula is C20H17N5O3. The SMILES string of the molecule is CCn1nc(NC(=O)c2cccc([N+](=O)[O-])c2)c2cc3ccc(C)cc3nc21. The summed E-state index contributed by atoms with van der Waals surface area (Å²) in [6.07, 6.45) is 0. The van der Waals surface area contributed by atoms with Crippen molar-refractivity contribution in [2.75, 3.05) is 5.32 Å². The summed E-state index contributed by atoms with van der Waals surface area (Å²) in [5.41, 5.74) is 2.70. The van der Waals surface area contributed by atoms with E-state index in [4.69, 9.17) is 4.98 Å². The molecule has 0 aliphatic carbocycles. The van der Waals surface area contributed by atoms with Crippen molar-refractivity contribution in [3.05, 3.63) is 69.8 Å². The van der Waals surface area contributed by atoms with Gasteiger partial charge in [0.1, 0.15) is 0 Å². The molecular weight excluding hydrogens is 358 g/mol. The first-order chi connectivity index (χ1) is 13.5. The molecule has 0 aliphatic heterocycles. The van der Waals surface area contributed by atoms with Crippen LogP contribution in [0.15, 0.2) is 48.5 Å². The normalized spacial score (nSPS) is 11.1. The van der Waals surface area contributed by atoms with Crippen molar-refractivity contribution in [1.82, 2.24) is 14.8 Å². The number of amides is 1. The minimum Gasteiger partial charge on any atom is -0.304 e. The first-order valence-corrected chi connectivity index (χ1v) is 8.80. The second kappa shape index (κ2) is 6.73. The summed E-state index contributed by atoms with van der Waals surface area (Å²) in [6.45, 7) is 4.54. The van der Waals surface area contributed by atoms with Gasteiger partial charge in [-0.25, -0.2) is 9.67 Å². The number of nitro groups is 1. The van der Waals surface area contributed by atoms with E-state index in [1.165, 1.54) is 24.3 Å². The molecule has 8 nitrogen and oxygen atoms in total. The molecule has 0 spiro atoms. The fourth-order valence-electron chi connectivity index (χ4n) is 3.11. The Hall–Kier alpha value is -3.81. The molecule has 0 saturated carbocycles. The Morgan fingerprint density at radius 1 is 1.21 bits per heavy atom. The van der Waals surface area contributed by atoms with Crippen LogP contribution in [0.3, 0.4) is 0 Å². The number of hydrogen-bond donors (Lipinski definition) is 1. The number of rotatable bonds is 4. The number of aromatic nitrogens is 3. The fourth-order valence-corrected chi connectivity index (χ4v) is 3.11. The van der Waals surface area contributed by atoms with Crippen LogP contribution >= 0.6 is 0 Å². The van der Waals surface area contributed by atoms with Gasteiger partial charge in [-0.05, 0) is 37.6 Å². The van der Waals surface area contributed by atoms with E-state index in [9.17, 15) is 14.9 Å². The maximum absolute atomic E-state index is 12.6. The maximum Gasteiger partial charge on any atom is 0.270 e. The summed E-state index contributed by atoms with van der Waals surface area (Å²) in [7, 11) is 0. The highest BCUT2D eigenvalue weighted by molar-refractivity contribution is 6.09. The zero-order valence-corrected chi connectivity index (χ0v) is 15.3. The van der Waals surface area contributed by atoms with Gasteiger partial charge in [-0.1, -0.05) is 18.2 Å². The predicted molar refractivity (Wildman–Crippen MR) is 106 cm³/mol.